The zero-order valence-corrected chi connectivity index (χ0v) is 15.2. The maximum Gasteiger partial charge on any atom is 0.162 e. The van der Waals surface area contributed by atoms with Gasteiger partial charge in [-0.1, -0.05) is 30.3 Å². The van der Waals surface area contributed by atoms with E-state index in [4.69, 9.17) is 4.74 Å². The van der Waals surface area contributed by atoms with Gasteiger partial charge < -0.3 is 9.64 Å². The molecule has 2 aliphatic heterocycles. The summed E-state index contributed by atoms with van der Waals surface area (Å²) in [6, 6.07) is 12.6. The van der Waals surface area contributed by atoms with Crippen molar-refractivity contribution < 1.29 is 4.74 Å². The Morgan fingerprint density at radius 2 is 2.04 bits per heavy atom. The third kappa shape index (κ3) is 2.90. The summed E-state index contributed by atoms with van der Waals surface area (Å²) >= 11 is 1.70. The minimum atomic E-state index is -0.503. The summed E-state index contributed by atoms with van der Waals surface area (Å²) < 4.78 is 6.47. The van der Waals surface area contributed by atoms with Crippen LogP contribution in [0.3, 0.4) is 0 Å². The van der Waals surface area contributed by atoms with Crippen molar-refractivity contribution in [1.29, 1.82) is 0 Å². The lowest BCUT2D eigenvalue weighted by molar-refractivity contribution is -0.106. The van der Waals surface area contributed by atoms with Gasteiger partial charge in [-0.05, 0) is 47.4 Å². The van der Waals surface area contributed by atoms with Crippen LogP contribution in [0.15, 0.2) is 75.3 Å². The van der Waals surface area contributed by atoms with E-state index in [1.165, 1.54) is 16.7 Å². The van der Waals surface area contributed by atoms with Gasteiger partial charge in [-0.15, -0.1) is 0 Å². The molecule has 1 aromatic carbocycles. The lowest BCUT2D eigenvalue weighted by Crippen LogP contribution is -2.44. The molecule has 4 rings (SSSR count). The van der Waals surface area contributed by atoms with Crippen molar-refractivity contribution in [3.8, 4) is 0 Å². The summed E-state index contributed by atoms with van der Waals surface area (Å²) in [7, 11) is 0. The Balaban J connectivity index is 1.67. The van der Waals surface area contributed by atoms with Crippen molar-refractivity contribution in [1.82, 2.24) is 10.3 Å². The number of hydrogen-bond acceptors (Lipinski definition) is 5. The topological polar surface area (TPSA) is 36.9 Å². The maximum absolute atomic E-state index is 6.47. The second-order valence-electron chi connectivity index (χ2n) is 6.43. The number of nitrogens with zero attached hydrogens (tertiary/aromatic N) is 2. The van der Waals surface area contributed by atoms with E-state index in [2.05, 4.69) is 70.4 Å². The molecule has 0 amide bonds. The Hall–Kier alpha value is -2.37. The van der Waals surface area contributed by atoms with Gasteiger partial charge in [-0.25, -0.2) is 0 Å². The van der Waals surface area contributed by atoms with Gasteiger partial charge in [0.25, 0.3) is 0 Å². The van der Waals surface area contributed by atoms with Gasteiger partial charge in [0.15, 0.2) is 5.72 Å². The van der Waals surface area contributed by atoms with Crippen molar-refractivity contribution in [3.63, 3.8) is 0 Å². The number of nitrogens with one attached hydrogen (secondary N) is 1. The van der Waals surface area contributed by atoms with E-state index in [9.17, 15) is 0 Å². The van der Waals surface area contributed by atoms with Crippen LogP contribution >= 0.6 is 11.3 Å². The SMILES string of the molecule is CC1=C2C=NNC=C2N(Cc2ccccc2)C1(C)OCc1ccsc1. The van der Waals surface area contributed by atoms with Crippen molar-refractivity contribution in [2.75, 3.05) is 0 Å². The average Bonchev–Trinajstić information content (AvgIpc) is 3.24. The standard InChI is InChI=1S/C20H21N3OS/c1-15-18-10-21-22-11-19(18)23(12-16-6-4-3-5-7-16)20(15,2)24-13-17-8-9-25-14-17/h3-11,14,22H,12-13H2,1-2H3. The summed E-state index contributed by atoms with van der Waals surface area (Å²) in [5.41, 5.74) is 8.40. The Kier molecular flexibility index (Phi) is 4.19. The van der Waals surface area contributed by atoms with Gasteiger partial charge in [-0.3, -0.25) is 5.43 Å². The molecule has 3 heterocycles. The molecule has 1 aromatic heterocycles. The van der Waals surface area contributed by atoms with Gasteiger partial charge in [0, 0.05) is 18.3 Å². The fraction of sp³-hybridized carbons (Fsp3) is 0.250. The molecule has 5 heteroatoms. The second-order valence-corrected chi connectivity index (χ2v) is 7.21. The fourth-order valence-electron chi connectivity index (χ4n) is 3.33. The second kappa shape index (κ2) is 6.50. The molecular weight excluding hydrogens is 330 g/mol. The van der Waals surface area contributed by atoms with Crippen molar-refractivity contribution >= 4 is 17.6 Å². The van der Waals surface area contributed by atoms with Crippen LogP contribution in [-0.4, -0.2) is 16.8 Å². The molecule has 0 fully saturated rings. The summed E-state index contributed by atoms with van der Waals surface area (Å²) in [6.45, 7) is 5.66. The summed E-state index contributed by atoms with van der Waals surface area (Å²) in [4.78, 5) is 2.32. The highest BCUT2D eigenvalue weighted by atomic mass is 32.1. The fourth-order valence-corrected chi connectivity index (χ4v) is 3.98. The molecule has 2 aliphatic rings. The minimum absolute atomic E-state index is 0.503. The predicted molar refractivity (Wildman–Crippen MR) is 102 cm³/mol. The van der Waals surface area contributed by atoms with Gasteiger partial charge >= 0.3 is 0 Å². The van der Waals surface area contributed by atoms with E-state index in [-0.39, 0.29) is 0 Å². The molecule has 2 aromatic rings. The lowest BCUT2D eigenvalue weighted by Gasteiger charge is -2.39. The first-order valence-electron chi connectivity index (χ1n) is 8.35. The zero-order chi connectivity index (χ0) is 17.3. The van der Waals surface area contributed by atoms with E-state index in [0.29, 0.717) is 6.61 Å². The van der Waals surface area contributed by atoms with Crippen LogP contribution in [0, 0.1) is 0 Å². The maximum atomic E-state index is 6.47. The average molecular weight is 351 g/mol. The van der Waals surface area contributed by atoms with Gasteiger partial charge in [0.05, 0.1) is 18.5 Å². The third-order valence-corrected chi connectivity index (χ3v) is 5.67. The Morgan fingerprint density at radius 1 is 1.20 bits per heavy atom. The van der Waals surface area contributed by atoms with Crippen LogP contribution in [0.25, 0.3) is 0 Å². The highest BCUT2D eigenvalue weighted by Gasteiger charge is 2.45. The number of hydrazone groups is 1. The van der Waals surface area contributed by atoms with Crippen LogP contribution < -0.4 is 5.43 Å². The molecule has 4 nitrogen and oxygen atoms in total. The largest absolute Gasteiger partial charge is 0.347 e. The molecule has 1 unspecified atom stereocenters. The highest BCUT2D eigenvalue weighted by molar-refractivity contribution is 7.07. The molecule has 25 heavy (non-hydrogen) atoms. The number of fused-ring (bicyclic) bond motifs is 1. The number of rotatable bonds is 5. The minimum Gasteiger partial charge on any atom is -0.347 e. The first kappa shape index (κ1) is 16.1. The van der Waals surface area contributed by atoms with Crippen molar-refractivity contribution in [2.24, 2.45) is 5.10 Å². The Morgan fingerprint density at radius 3 is 2.80 bits per heavy atom. The van der Waals surface area contributed by atoms with Crippen LogP contribution in [-0.2, 0) is 17.9 Å². The normalized spacial score (nSPS) is 22.0. The molecule has 1 N–H and O–H groups in total. The van der Waals surface area contributed by atoms with Gasteiger partial charge in [0.1, 0.15) is 0 Å². The van der Waals surface area contributed by atoms with Crippen LogP contribution in [0.2, 0.25) is 0 Å². The molecule has 0 radical (unpaired) electrons. The smallest absolute Gasteiger partial charge is 0.162 e. The monoisotopic (exact) mass is 351 g/mol. The Labute approximate surface area is 152 Å². The Bertz CT molecular complexity index is 839. The highest BCUT2D eigenvalue weighted by Crippen LogP contribution is 2.43. The summed E-state index contributed by atoms with van der Waals surface area (Å²) in [5, 5.41) is 8.42. The molecule has 0 saturated heterocycles. The summed E-state index contributed by atoms with van der Waals surface area (Å²) in [6.07, 6.45) is 3.85. The molecule has 0 saturated carbocycles. The van der Waals surface area contributed by atoms with Crippen molar-refractivity contribution in [3.05, 3.63) is 81.3 Å². The third-order valence-electron chi connectivity index (χ3n) is 4.93. The lowest BCUT2D eigenvalue weighted by atomic mass is 10.0. The number of hydrogen-bond donors (Lipinski definition) is 1. The van der Waals surface area contributed by atoms with Gasteiger partial charge in [-0.2, -0.15) is 16.4 Å². The summed E-state index contributed by atoms with van der Waals surface area (Å²) in [5.74, 6) is 0. The zero-order valence-electron chi connectivity index (χ0n) is 14.4. The van der Waals surface area contributed by atoms with Crippen molar-refractivity contribution in [2.45, 2.75) is 32.7 Å². The number of benzene rings is 1. The predicted octanol–water partition coefficient (Wildman–Crippen LogP) is 4.24. The number of ether oxygens (including phenoxy) is 1. The van der Waals surface area contributed by atoms with E-state index in [0.717, 1.165) is 17.8 Å². The van der Waals surface area contributed by atoms with Gasteiger partial charge in [0.2, 0.25) is 0 Å². The van der Waals surface area contributed by atoms with E-state index in [1.807, 2.05) is 18.5 Å². The molecule has 0 aliphatic carbocycles. The molecule has 1 atom stereocenters. The van der Waals surface area contributed by atoms with Crippen LogP contribution in [0.5, 0.6) is 0 Å². The van der Waals surface area contributed by atoms with E-state index < -0.39 is 5.72 Å². The molecule has 0 bridgehead atoms. The van der Waals surface area contributed by atoms with E-state index in [1.54, 1.807) is 11.3 Å². The molecular formula is C20H21N3OS. The first-order chi connectivity index (χ1) is 12.2. The number of allylic oxidation sites excluding steroid dienone is 1. The molecule has 128 valence electrons. The quantitative estimate of drug-likeness (QED) is 0.875. The van der Waals surface area contributed by atoms with E-state index >= 15 is 0 Å². The first-order valence-corrected chi connectivity index (χ1v) is 9.30. The van der Waals surface area contributed by atoms with Crippen LogP contribution in [0.1, 0.15) is 25.0 Å². The van der Waals surface area contributed by atoms with Crippen LogP contribution in [0.4, 0.5) is 0 Å². The molecule has 0 spiro atoms. The number of thiophene rings is 1.